The lowest BCUT2D eigenvalue weighted by atomic mass is 10.1. The quantitative estimate of drug-likeness (QED) is 0.795. The first-order valence-electron chi connectivity index (χ1n) is 4.35. The van der Waals surface area contributed by atoms with Gasteiger partial charge in [-0.2, -0.15) is 5.10 Å². The van der Waals surface area contributed by atoms with E-state index >= 15 is 0 Å². The van der Waals surface area contributed by atoms with Crippen LogP contribution in [0.1, 0.15) is 10.4 Å². The zero-order chi connectivity index (χ0) is 10.8. The molecule has 0 spiro atoms. The fourth-order valence-corrected chi connectivity index (χ4v) is 1.35. The lowest BCUT2D eigenvalue weighted by Gasteiger charge is -2.02. The average Bonchev–Trinajstić information content (AvgIpc) is 2.64. The third kappa shape index (κ3) is 1.71. The molecule has 0 amide bonds. The SMILES string of the molecule is Cn1nccc1-c1cncc(C(=O)O)c1. The van der Waals surface area contributed by atoms with Gasteiger partial charge in [-0.25, -0.2) is 4.79 Å². The van der Waals surface area contributed by atoms with E-state index in [1.807, 2.05) is 6.07 Å². The number of carboxylic acid groups (broad SMARTS) is 1. The lowest BCUT2D eigenvalue weighted by Crippen LogP contribution is -1.99. The summed E-state index contributed by atoms with van der Waals surface area (Å²) in [4.78, 5) is 14.6. The highest BCUT2D eigenvalue weighted by Gasteiger charge is 2.07. The van der Waals surface area contributed by atoms with Crippen LogP contribution in [0.5, 0.6) is 0 Å². The predicted octanol–water partition coefficient (Wildman–Crippen LogP) is 1.18. The number of pyridine rings is 1. The van der Waals surface area contributed by atoms with Gasteiger partial charge in [0, 0.05) is 31.2 Å². The van der Waals surface area contributed by atoms with Gasteiger partial charge in [-0.3, -0.25) is 9.67 Å². The zero-order valence-electron chi connectivity index (χ0n) is 8.08. The molecule has 0 aliphatic carbocycles. The van der Waals surface area contributed by atoms with Gasteiger partial charge in [-0.1, -0.05) is 0 Å². The molecular formula is C10H9N3O2. The molecule has 0 saturated heterocycles. The third-order valence-electron chi connectivity index (χ3n) is 2.10. The summed E-state index contributed by atoms with van der Waals surface area (Å²) < 4.78 is 1.67. The molecule has 2 aromatic rings. The van der Waals surface area contributed by atoms with Gasteiger partial charge in [-0.05, 0) is 12.1 Å². The standard InChI is InChI=1S/C10H9N3O2/c1-13-9(2-3-12-13)7-4-8(10(14)15)6-11-5-7/h2-6H,1H3,(H,14,15). The Balaban J connectivity index is 2.50. The lowest BCUT2D eigenvalue weighted by molar-refractivity contribution is 0.0696. The van der Waals surface area contributed by atoms with Crippen LogP contribution < -0.4 is 0 Å². The number of nitrogens with zero attached hydrogens (tertiary/aromatic N) is 3. The van der Waals surface area contributed by atoms with Gasteiger partial charge in [0.15, 0.2) is 0 Å². The van der Waals surface area contributed by atoms with Gasteiger partial charge in [0.05, 0.1) is 11.3 Å². The topological polar surface area (TPSA) is 68.0 Å². The molecule has 0 fully saturated rings. The minimum absolute atomic E-state index is 0.175. The Kier molecular flexibility index (Phi) is 2.21. The molecule has 1 N–H and O–H groups in total. The number of hydrogen-bond donors (Lipinski definition) is 1. The van der Waals surface area contributed by atoms with Crippen LogP contribution in [0, 0.1) is 0 Å². The van der Waals surface area contributed by atoms with Crippen molar-refractivity contribution in [2.45, 2.75) is 0 Å². The molecule has 2 rings (SSSR count). The van der Waals surface area contributed by atoms with Crippen LogP contribution in [-0.2, 0) is 7.05 Å². The monoisotopic (exact) mass is 203 g/mol. The Morgan fingerprint density at radius 3 is 2.87 bits per heavy atom. The number of carbonyl (C=O) groups is 1. The molecular weight excluding hydrogens is 194 g/mol. The molecule has 15 heavy (non-hydrogen) atoms. The van der Waals surface area contributed by atoms with Gasteiger partial charge in [-0.15, -0.1) is 0 Å². The van der Waals surface area contributed by atoms with E-state index in [0.717, 1.165) is 11.3 Å². The summed E-state index contributed by atoms with van der Waals surface area (Å²) in [7, 11) is 1.79. The van der Waals surface area contributed by atoms with Gasteiger partial charge in [0.2, 0.25) is 0 Å². The molecule has 2 aromatic heterocycles. The maximum Gasteiger partial charge on any atom is 0.337 e. The summed E-state index contributed by atoms with van der Waals surface area (Å²) >= 11 is 0. The molecule has 2 heterocycles. The van der Waals surface area contributed by atoms with Crippen molar-refractivity contribution in [2.24, 2.45) is 7.05 Å². The molecule has 0 bridgehead atoms. The highest BCUT2D eigenvalue weighted by atomic mass is 16.4. The van der Waals surface area contributed by atoms with E-state index in [-0.39, 0.29) is 5.56 Å². The molecule has 0 aliphatic rings. The fourth-order valence-electron chi connectivity index (χ4n) is 1.35. The minimum Gasteiger partial charge on any atom is -0.478 e. The average molecular weight is 203 g/mol. The molecule has 0 aliphatic heterocycles. The van der Waals surface area contributed by atoms with Crippen LogP contribution in [0.15, 0.2) is 30.7 Å². The molecule has 0 saturated carbocycles. The Morgan fingerprint density at radius 1 is 1.47 bits per heavy atom. The largest absolute Gasteiger partial charge is 0.478 e. The number of aryl methyl sites for hydroxylation is 1. The zero-order valence-corrected chi connectivity index (χ0v) is 8.08. The second kappa shape index (κ2) is 3.53. The van der Waals surface area contributed by atoms with Crippen molar-refractivity contribution in [3.05, 3.63) is 36.3 Å². The minimum atomic E-state index is -0.980. The fraction of sp³-hybridized carbons (Fsp3) is 0.100. The van der Waals surface area contributed by atoms with Gasteiger partial charge in [0.1, 0.15) is 0 Å². The maximum absolute atomic E-state index is 10.7. The molecule has 0 radical (unpaired) electrons. The maximum atomic E-state index is 10.7. The highest BCUT2D eigenvalue weighted by Crippen LogP contribution is 2.17. The number of rotatable bonds is 2. The van der Waals surface area contributed by atoms with Crippen molar-refractivity contribution >= 4 is 5.97 Å². The molecule has 5 heteroatoms. The van der Waals surface area contributed by atoms with Gasteiger partial charge in [0.25, 0.3) is 0 Å². The first-order valence-corrected chi connectivity index (χ1v) is 4.35. The molecule has 0 aromatic carbocycles. The van der Waals surface area contributed by atoms with E-state index in [1.165, 1.54) is 6.20 Å². The van der Waals surface area contributed by atoms with E-state index in [9.17, 15) is 4.79 Å². The molecule has 5 nitrogen and oxygen atoms in total. The molecule has 0 unspecified atom stereocenters. The van der Waals surface area contributed by atoms with Crippen molar-refractivity contribution in [2.75, 3.05) is 0 Å². The smallest absolute Gasteiger partial charge is 0.337 e. The summed E-state index contributed by atoms with van der Waals surface area (Å²) in [6, 6.07) is 3.38. The Labute approximate surface area is 86.0 Å². The number of aromatic carboxylic acids is 1. The second-order valence-electron chi connectivity index (χ2n) is 3.11. The van der Waals surface area contributed by atoms with Crippen LogP contribution in [-0.4, -0.2) is 25.8 Å². The van der Waals surface area contributed by atoms with Crippen LogP contribution in [0.3, 0.4) is 0 Å². The normalized spacial score (nSPS) is 10.2. The molecule has 76 valence electrons. The summed E-state index contributed by atoms with van der Waals surface area (Å²) in [5.41, 5.74) is 1.76. The van der Waals surface area contributed by atoms with Crippen LogP contribution in [0.4, 0.5) is 0 Å². The Hall–Kier alpha value is -2.17. The van der Waals surface area contributed by atoms with Crippen molar-refractivity contribution in [3.63, 3.8) is 0 Å². The van der Waals surface area contributed by atoms with E-state index < -0.39 is 5.97 Å². The summed E-state index contributed by atoms with van der Waals surface area (Å²) in [5.74, 6) is -0.980. The van der Waals surface area contributed by atoms with E-state index in [0.29, 0.717) is 0 Å². The van der Waals surface area contributed by atoms with Crippen molar-refractivity contribution in [3.8, 4) is 11.3 Å². The van der Waals surface area contributed by atoms with Crippen LogP contribution >= 0.6 is 0 Å². The first-order chi connectivity index (χ1) is 7.18. The molecule has 0 atom stereocenters. The van der Waals surface area contributed by atoms with Crippen molar-refractivity contribution in [1.82, 2.24) is 14.8 Å². The second-order valence-corrected chi connectivity index (χ2v) is 3.11. The number of hydrogen-bond acceptors (Lipinski definition) is 3. The summed E-state index contributed by atoms with van der Waals surface area (Å²) in [6.07, 6.45) is 4.59. The first kappa shape index (κ1) is 9.39. The summed E-state index contributed by atoms with van der Waals surface area (Å²) in [5, 5.41) is 12.8. The van der Waals surface area contributed by atoms with Crippen LogP contribution in [0.25, 0.3) is 11.3 Å². The van der Waals surface area contributed by atoms with Crippen molar-refractivity contribution < 1.29 is 9.90 Å². The van der Waals surface area contributed by atoms with E-state index in [1.54, 1.807) is 30.2 Å². The van der Waals surface area contributed by atoms with E-state index in [4.69, 9.17) is 5.11 Å². The van der Waals surface area contributed by atoms with E-state index in [2.05, 4.69) is 10.1 Å². The van der Waals surface area contributed by atoms with Crippen LogP contribution in [0.2, 0.25) is 0 Å². The predicted molar refractivity (Wildman–Crippen MR) is 53.4 cm³/mol. The van der Waals surface area contributed by atoms with Crippen molar-refractivity contribution in [1.29, 1.82) is 0 Å². The number of aromatic nitrogens is 3. The Bertz CT molecular complexity index is 505. The number of carboxylic acids is 1. The Morgan fingerprint density at radius 2 is 2.27 bits per heavy atom. The summed E-state index contributed by atoms with van der Waals surface area (Å²) in [6.45, 7) is 0. The van der Waals surface area contributed by atoms with Gasteiger partial charge >= 0.3 is 5.97 Å². The third-order valence-corrected chi connectivity index (χ3v) is 2.10. The van der Waals surface area contributed by atoms with Gasteiger partial charge < -0.3 is 5.11 Å². The highest BCUT2D eigenvalue weighted by molar-refractivity contribution is 5.88.